The van der Waals surface area contributed by atoms with Crippen molar-refractivity contribution in [2.45, 2.75) is 13.3 Å². The molecular weight excluding hydrogens is 807 g/mol. The van der Waals surface area contributed by atoms with Gasteiger partial charge in [-0.25, -0.2) is 9.98 Å². The second-order valence-electron chi connectivity index (χ2n) is 17.7. The van der Waals surface area contributed by atoms with Gasteiger partial charge in [-0.1, -0.05) is 140 Å². The van der Waals surface area contributed by atoms with Crippen LogP contribution in [0.25, 0.3) is 109 Å². The van der Waals surface area contributed by atoms with Crippen molar-refractivity contribution in [2.75, 3.05) is 0 Å². The van der Waals surface area contributed by atoms with Crippen molar-refractivity contribution < 1.29 is 8.83 Å². The molecule has 0 amide bonds. The van der Waals surface area contributed by atoms with E-state index in [4.69, 9.17) is 18.8 Å². The maximum atomic E-state index is 6.86. The van der Waals surface area contributed by atoms with E-state index >= 15 is 0 Å². The third-order valence-electron chi connectivity index (χ3n) is 13.8. The molecular formula is C61H39N3O2. The van der Waals surface area contributed by atoms with Crippen LogP contribution in [0.5, 0.6) is 0 Å². The number of fused-ring (bicyclic) bond motifs is 13. The lowest BCUT2D eigenvalue weighted by molar-refractivity contribution is 0.668. The van der Waals surface area contributed by atoms with E-state index in [9.17, 15) is 0 Å². The van der Waals surface area contributed by atoms with Crippen LogP contribution in [0.4, 0.5) is 0 Å². The Hall–Kier alpha value is -8.54. The average molecular weight is 846 g/mol. The molecule has 66 heavy (non-hydrogen) atoms. The third-order valence-corrected chi connectivity index (χ3v) is 13.8. The number of benzene rings is 10. The summed E-state index contributed by atoms with van der Waals surface area (Å²) >= 11 is 0. The SMILES string of the molecule is CC1C/C=C(\c2ccc3ccccc3c2)N=C(c2ccc3oc4ccccc4c3c2)N=C1c1cc(-n2c3cc4ccccc4cc3c3c4ccccc4ccc32)cc2oc3ccccc3c12. The second kappa shape index (κ2) is 14.2. The third kappa shape index (κ3) is 5.66. The fourth-order valence-corrected chi connectivity index (χ4v) is 10.6. The van der Waals surface area contributed by atoms with Crippen molar-refractivity contribution in [3.05, 3.63) is 217 Å². The van der Waals surface area contributed by atoms with Gasteiger partial charge in [-0.2, -0.15) is 0 Å². The van der Waals surface area contributed by atoms with Crippen molar-refractivity contribution >= 4 is 115 Å². The minimum absolute atomic E-state index is 0.00240. The highest BCUT2D eigenvalue weighted by atomic mass is 16.3. The zero-order valence-electron chi connectivity index (χ0n) is 36.0. The number of furan rings is 2. The van der Waals surface area contributed by atoms with Crippen molar-refractivity contribution in [1.82, 2.24) is 4.57 Å². The van der Waals surface area contributed by atoms with Gasteiger partial charge in [0.05, 0.1) is 28.1 Å². The Morgan fingerprint density at radius 3 is 1.91 bits per heavy atom. The van der Waals surface area contributed by atoms with Crippen LogP contribution in [0.2, 0.25) is 0 Å². The molecule has 4 heterocycles. The molecule has 5 heteroatoms. The van der Waals surface area contributed by atoms with E-state index < -0.39 is 0 Å². The van der Waals surface area contributed by atoms with Crippen LogP contribution in [-0.4, -0.2) is 16.1 Å². The summed E-state index contributed by atoms with van der Waals surface area (Å²) in [4.78, 5) is 11.3. The lowest BCUT2D eigenvalue weighted by atomic mass is 9.90. The van der Waals surface area contributed by atoms with Gasteiger partial charge in [-0.15, -0.1) is 0 Å². The van der Waals surface area contributed by atoms with E-state index in [0.29, 0.717) is 5.84 Å². The molecule has 0 saturated carbocycles. The summed E-state index contributed by atoms with van der Waals surface area (Å²) in [6.07, 6.45) is 3.03. The van der Waals surface area contributed by atoms with Crippen molar-refractivity contribution in [1.29, 1.82) is 0 Å². The molecule has 1 atom stereocenters. The van der Waals surface area contributed by atoms with Gasteiger partial charge in [0.2, 0.25) is 0 Å². The first-order chi connectivity index (χ1) is 32.6. The summed E-state index contributed by atoms with van der Waals surface area (Å²) in [5.74, 6) is 0.645. The number of rotatable bonds is 4. The van der Waals surface area contributed by atoms with Gasteiger partial charge in [0.25, 0.3) is 0 Å². The minimum Gasteiger partial charge on any atom is -0.456 e. The van der Waals surface area contributed by atoms with Crippen LogP contribution in [0.3, 0.4) is 0 Å². The van der Waals surface area contributed by atoms with Crippen molar-refractivity contribution in [3.63, 3.8) is 0 Å². The van der Waals surface area contributed by atoms with Gasteiger partial charge in [-0.05, 0) is 99.4 Å². The van der Waals surface area contributed by atoms with Gasteiger partial charge in [-0.3, -0.25) is 0 Å². The first-order valence-electron chi connectivity index (χ1n) is 22.7. The lowest BCUT2D eigenvalue weighted by Crippen LogP contribution is -2.18. The highest BCUT2D eigenvalue weighted by Crippen LogP contribution is 2.42. The highest BCUT2D eigenvalue weighted by molar-refractivity contribution is 6.26. The van der Waals surface area contributed by atoms with E-state index in [0.717, 1.165) is 95.1 Å². The quantitative estimate of drug-likeness (QED) is 0.177. The molecule has 0 N–H and O–H groups in total. The number of hydrogen-bond acceptors (Lipinski definition) is 4. The summed E-state index contributed by atoms with van der Waals surface area (Å²) in [5.41, 5.74) is 11.5. The normalized spacial score (nSPS) is 15.6. The molecule has 0 fully saturated rings. The Kier molecular flexibility index (Phi) is 7.96. The predicted octanol–water partition coefficient (Wildman–Crippen LogP) is 16.4. The van der Waals surface area contributed by atoms with E-state index in [1.165, 1.54) is 43.1 Å². The monoisotopic (exact) mass is 845 g/mol. The molecule has 14 rings (SSSR count). The van der Waals surface area contributed by atoms with Crippen LogP contribution >= 0.6 is 0 Å². The molecule has 0 bridgehead atoms. The number of aromatic nitrogens is 1. The highest BCUT2D eigenvalue weighted by Gasteiger charge is 2.26. The number of hydrogen-bond donors (Lipinski definition) is 0. The maximum absolute atomic E-state index is 6.86. The van der Waals surface area contributed by atoms with Crippen LogP contribution < -0.4 is 0 Å². The van der Waals surface area contributed by atoms with Gasteiger partial charge in [0.1, 0.15) is 22.3 Å². The minimum atomic E-state index is 0.00240. The summed E-state index contributed by atoms with van der Waals surface area (Å²) in [5, 5.41) is 13.9. The fourth-order valence-electron chi connectivity index (χ4n) is 10.6. The van der Waals surface area contributed by atoms with E-state index in [-0.39, 0.29) is 5.92 Å². The molecule has 1 unspecified atom stereocenters. The molecule has 13 aromatic rings. The molecule has 1 aliphatic rings. The largest absolute Gasteiger partial charge is 0.456 e. The average Bonchev–Trinajstić information content (AvgIpc) is 4.03. The van der Waals surface area contributed by atoms with E-state index in [1.54, 1.807) is 0 Å². The number of aliphatic imine (C=N–C) groups is 2. The number of nitrogens with zero attached hydrogens (tertiary/aromatic N) is 3. The van der Waals surface area contributed by atoms with Crippen LogP contribution in [0.1, 0.15) is 30.0 Å². The van der Waals surface area contributed by atoms with Crippen molar-refractivity contribution in [2.24, 2.45) is 15.9 Å². The van der Waals surface area contributed by atoms with Gasteiger partial charge in [0, 0.05) is 61.0 Å². The Bertz CT molecular complexity index is 4290. The zero-order chi connectivity index (χ0) is 43.5. The Morgan fingerprint density at radius 1 is 0.439 bits per heavy atom. The first kappa shape index (κ1) is 36.9. The Labute approximate surface area is 378 Å². The molecule has 0 spiro atoms. The fraction of sp³-hybridized carbons (Fsp3) is 0.0492. The summed E-state index contributed by atoms with van der Waals surface area (Å²) in [7, 11) is 0. The summed E-state index contributed by atoms with van der Waals surface area (Å²) in [6, 6.07) is 69.2. The van der Waals surface area contributed by atoms with Gasteiger partial charge < -0.3 is 13.4 Å². The molecule has 10 aromatic carbocycles. The molecule has 0 saturated heterocycles. The second-order valence-corrected chi connectivity index (χ2v) is 17.7. The van der Waals surface area contributed by atoms with Crippen LogP contribution in [0, 0.1) is 5.92 Å². The number of amidine groups is 1. The standard InChI is InChI=1S/C61H39N3O2/c1-36-22-27-51(42-24-23-37-12-2-3-14-39(37)30-42)62-61(43-26-29-56-48(32-43)46-18-8-10-20-54(46)65-56)63-60(36)50-34-44(35-57-59(50)47-19-9-11-21-55(47)66-57)64-52-28-25-38-13-6-7-17-45(38)58(52)49-31-40-15-4-5-16-41(40)33-53(49)64/h2-21,23-36H,22H2,1H3/b51-27+,62-61?,63-60?. The molecule has 310 valence electrons. The van der Waals surface area contributed by atoms with Crippen LogP contribution in [0.15, 0.2) is 219 Å². The lowest BCUT2D eigenvalue weighted by Gasteiger charge is -2.20. The molecule has 3 aromatic heterocycles. The smallest absolute Gasteiger partial charge is 0.160 e. The summed E-state index contributed by atoms with van der Waals surface area (Å²) in [6.45, 7) is 2.29. The number of para-hydroxylation sites is 2. The number of allylic oxidation sites excluding steroid dienone is 1. The van der Waals surface area contributed by atoms with Crippen molar-refractivity contribution in [3.8, 4) is 5.69 Å². The molecule has 5 nitrogen and oxygen atoms in total. The first-order valence-corrected chi connectivity index (χ1v) is 22.7. The van der Waals surface area contributed by atoms with E-state index in [1.807, 2.05) is 18.2 Å². The van der Waals surface area contributed by atoms with Gasteiger partial charge in [0.15, 0.2) is 5.84 Å². The Morgan fingerprint density at radius 2 is 1.08 bits per heavy atom. The molecule has 0 aliphatic carbocycles. The Balaban J connectivity index is 1.06. The van der Waals surface area contributed by atoms with Gasteiger partial charge >= 0.3 is 0 Å². The molecule has 0 radical (unpaired) electrons. The topological polar surface area (TPSA) is 55.9 Å². The summed E-state index contributed by atoms with van der Waals surface area (Å²) < 4.78 is 15.6. The van der Waals surface area contributed by atoms with E-state index in [2.05, 4.69) is 193 Å². The molecule has 1 aliphatic heterocycles. The zero-order valence-corrected chi connectivity index (χ0v) is 36.0. The maximum Gasteiger partial charge on any atom is 0.160 e. The predicted molar refractivity (Wildman–Crippen MR) is 276 cm³/mol. The van der Waals surface area contributed by atoms with Crippen LogP contribution in [-0.2, 0) is 0 Å².